The average Bonchev–Trinajstić information content (AvgIpc) is 2.78. The second-order valence-electron chi connectivity index (χ2n) is 6.27. The van der Waals surface area contributed by atoms with Gasteiger partial charge in [-0.15, -0.1) is 0 Å². The second-order valence-corrected chi connectivity index (χ2v) is 10.7. The third-order valence-electron chi connectivity index (χ3n) is 3.87. The Balaban J connectivity index is 2.22. The second kappa shape index (κ2) is 8.91. The molecular formula is C11H16F3N2O13P3. The summed E-state index contributed by atoms with van der Waals surface area (Å²) < 4.78 is 92.5. The summed E-state index contributed by atoms with van der Waals surface area (Å²) in [6, 6.07) is 0. The van der Waals surface area contributed by atoms with E-state index in [2.05, 4.69) is 19.7 Å². The molecule has 2 aliphatic heterocycles. The maximum Gasteiger partial charge on any atom is 0.490 e. The van der Waals surface area contributed by atoms with Crippen molar-refractivity contribution >= 4 is 29.4 Å². The molecule has 2 rings (SSSR count). The zero-order chi connectivity index (χ0) is 24.8. The first-order chi connectivity index (χ1) is 14.3. The fourth-order valence-corrected chi connectivity index (χ4v) is 5.63. The van der Waals surface area contributed by atoms with E-state index in [1.165, 1.54) is 0 Å². The summed E-state index contributed by atoms with van der Waals surface area (Å²) in [6.45, 7) is -0.344. The van der Waals surface area contributed by atoms with Crippen LogP contribution in [0.4, 0.5) is 13.2 Å². The highest BCUT2D eigenvalue weighted by molar-refractivity contribution is 7.66. The van der Waals surface area contributed by atoms with Crippen molar-refractivity contribution in [1.82, 2.24) is 10.2 Å². The molecule has 0 aromatic rings. The minimum absolute atomic E-state index is 0.447. The predicted octanol–water partition coefficient (Wildman–Crippen LogP) is -0.193. The van der Waals surface area contributed by atoms with Crippen LogP contribution >= 0.6 is 23.5 Å². The zero-order valence-electron chi connectivity index (χ0n) is 15.4. The summed E-state index contributed by atoms with van der Waals surface area (Å²) in [5, 5.41) is 12.0. The number of ether oxygens (including phenoxy) is 1. The zero-order valence-corrected chi connectivity index (χ0v) is 18.0. The van der Waals surface area contributed by atoms with Gasteiger partial charge in [-0.3, -0.25) is 9.32 Å². The van der Waals surface area contributed by atoms with Crippen LogP contribution in [0.3, 0.4) is 0 Å². The number of phosphoric ester groups is 1. The Kier molecular flexibility index (Phi) is 7.55. The topological polar surface area (TPSA) is 222 Å². The molecule has 0 radical (unpaired) electrons. The molecule has 1 fully saturated rings. The van der Waals surface area contributed by atoms with Gasteiger partial charge in [-0.25, -0.2) is 18.1 Å². The Bertz CT molecular complexity index is 957. The van der Waals surface area contributed by atoms with E-state index < -0.39 is 72.3 Å². The number of aliphatic hydroxyl groups is 1. The van der Waals surface area contributed by atoms with Crippen molar-refractivity contribution in [3.63, 3.8) is 0 Å². The van der Waals surface area contributed by atoms with E-state index in [1.54, 1.807) is 0 Å². The highest BCUT2D eigenvalue weighted by Gasteiger charge is 2.68. The van der Waals surface area contributed by atoms with Crippen LogP contribution in [0.25, 0.3) is 0 Å². The number of halogens is 3. The Morgan fingerprint density at radius 2 is 1.78 bits per heavy atom. The van der Waals surface area contributed by atoms with E-state index in [0.29, 0.717) is 4.90 Å². The number of aliphatic hydroxyl groups excluding tert-OH is 1. The van der Waals surface area contributed by atoms with Gasteiger partial charge in [-0.2, -0.15) is 17.4 Å². The van der Waals surface area contributed by atoms with Gasteiger partial charge in [0.15, 0.2) is 11.7 Å². The van der Waals surface area contributed by atoms with Crippen molar-refractivity contribution in [3.05, 3.63) is 24.7 Å². The lowest BCUT2D eigenvalue weighted by atomic mass is 9.97. The summed E-state index contributed by atoms with van der Waals surface area (Å²) in [5.74, 6) is -5.48. The van der Waals surface area contributed by atoms with Gasteiger partial charge in [0.1, 0.15) is 12.5 Å². The number of nitrogens with zero attached hydrogens (tertiary/aromatic N) is 1. The lowest BCUT2D eigenvalue weighted by molar-refractivity contribution is -0.159. The molecule has 2 aliphatic rings. The van der Waals surface area contributed by atoms with Crippen molar-refractivity contribution in [2.75, 3.05) is 13.3 Å². The number of hydrogen-bond acceptors (Lipinski definition) is 10. The van der Waals surface area contributed by atoms with Gasteiger partial charge >= 0.3 is 29.4 Å². The van der Waals surface area contributed by atoms with Gasteiger partial charge < -0.3 is 39.6 Å². The van der Waals surface area contributed by atoms with Crippen molar-refractivity contribution in [3.8, 4) is 0 Å². The number of carbonyl (C=O) groups excluding carboxylic acids is 1. The smallest absolute Gasteiger partial charge is 0.383 e. The molecule has 0 bridgehead atoms. The molecule has 0 spiro atoms. The van der Waals surface area contributed by atoms with Gasteiger partial charge in [0.25, 0.3) is 5.91 Å². The fourth-order valence-electron chi connectivity index (χ4n) is 2.55. The lowest BCUT2D eigenvalue weighted by Gasteiger charge is -2.34. The van der Waals surface area contributed by atoms with Crippen LogP contribution in [0, 0.1) is 0 Å². The van der Waals surface area contributed by atoms with E-state index >= 15 is 0 Å². The maximum absolute atomic E-state index is 14.6. The summed E-state index contributed by atoms with van der Waals surface area (Å²) in [4.78, 5) is 47.2. The Labute approximate surface area is 176 Å². The molecule has 1 saturated heterocycles. The van der Waals surface area contributed by atoms with Crippen LogP contribution in [0.2, 0.25) is 0 Å². The molecule has 32 heavy (non-hydrogen) atoms. The van der Waals surface area contributed by atoms with Gasteiger partial charge in [0.2, 0.25) is 6.23 Å². The number of alkyl halides is 3. The molecule has 2 heterocycles. The van der Waals surface area contributed by atoms with E-state index in [0.717, 1.165) is 12.3 Å². The van der Waals surface area contributed by atoms with Gasteiger partial charge in [0, 0.05) is 12.3 Å². The highest BCUT2D eigenvalue weighted by Crippen LogP contribution is 2.66. The lowest BCUT2D eigenvalue weighted by Crippen LogP contribution is -2.52. The SMILES string of the molecule is C=C1NC(=O)C=CN1[C@@H]1O[C@](CF)(COP(=O)(O)OP(=O)(O)OP(=O)(O)O)[C@@H](O)C1(F)F. The van der Waals surface area contributed by atoms with Gasteiger partial charge in [0.05, 0.1) is 6.61 Å². The van der Waals surface area contributed by atoms with Crippen molar-refractivity contribution in [1.29, 1.82) is 0 Å². The molecule has 0 aliphatic carbocycles. The number of carbonyl (C=O) groups is 1. The predicted molar refractivity (Wildman–Crippen MR) is 92.6 cm³/mol. The van der Waals surface area contributed by atoms with Gasteiger partial charge in [-0.05, 0) is 0 Å². The standard InChI is InChI=1S/C11H16F3N2O13P3/c1-6-15-7(17)2-3-16(6)9-11(13,14)8(18)10(4-12,27-9)5-26-31(22,23)29-32(24,25)28-30(19,20)21/h2-3,8-9,18H,1,4-5H2,(H,15,17)(H,22,23)(H,24,25)(H2,19,20,21)/t8-,9-,10-/m1/s1. The van der Waals surface area contributed by atoms with Crippen molar-refractivity contribution in [2.24, 2.45) is 0 Å². The first kappa shape index (κ1) is 27.1. The van der Waals surface area contributed by atoms with Crippen LogP contribution in [0.5, 0.6) is 0 Å². The molecule has 184 valence electrons. The van der Waals surface area contributed by atoms with Gasteiger partial charge in [-0.1, -0.05) is 6.58 Å². The molecule has 0 saturated carbocycles. The normalized spacial score (nSPS) is 31.8. The Morgan fingerprint density at radius 3 is 2.28 bits per heavy atom. The first-order valence-corrected chi connectivity index (χ1v) is 12.4. The van der Waals surface area contributed by atoms with Crippen LogP contribution in [0.15, 0.2) is 24.7 Å². The van der Waals surface area contributed by atoms with Crippen LogP contribution in [-0.2, 0) is 36.4 Å². The van der Waals surface area contributed by atoms with E-state index in [9.17, 15) is 41.7 Å². The molecule has 0 aromatic heterocycles. The van der Waals surface area contributed by atoms with Crippen molar-refractivity contribution in [2.45, 2.75) is 23.9 Å². The number of rotatable bonds is 9. The Hall–Kier alpha value is -1.13. The third-order valence-corrected chi connectivity index (χ3v) is 7.65. The maximum atomic E-state index is 14.6. The molecular weight excluding hydrogens is 518 g/mol. The third kappa shape index (κ3) is 6.05. The molecule has 6 N–H and O–H groups in total. The number of nitrogens with one attached hydrogen (secondary N) is 1. The molecule has 2 unspecified atom stereocenters. The largest absolute Gasteiger partial charge is 0.490 e. The summed E-state index contributed by atoms with van der Waals surface area (Å²) >= 11 is 0. The summed E-state index contributed by atoms with van der Waals surface area (Å²) in [6.07, 6.45) is -3.97. The van der Waals surface area contributed by atoms with Crippen LogP contribution in [0.1, 0.15) is 0 Å². The Morgan fingerprint density at radius 1 is 1.19 bits per heavy atom. The van der Waals surface area contributed by atoms with Crippen LogP contribution in [-0.4, -0.2) is 72.6 Å². The number of amides is 1. The minimum Gasteiger partial charge on any atom is -0.383 e. The summed E-state index contributed by atoms with van der Waals surface area (Å²) in [5.41, 5.74) is -3.05. The molecule has 0 aromatic carbocycles. The van der Waals surface area contributed by atoms with Crippen LogP contribution < -0.4 is 5.32 Å². The quantitative estimate of drug-likeness (QED) is 0.211. The minimum atomic E-state index is -5.93. The molecule has 15 nitrogen and oxygen atoms in total. The van der Waals surface area contributed by atoms with Crippen molar-refractivity contribution < 1.29 is 74.2 Å². The summed E-state index contributed by atoms with van der Waals surface area (Å²) in [7, 11) is -17.5. The van der Waals surface area contributed by atoms with E-state index in [1.807, 2.05) is 5.32 Å². The molecule has 5 atom stereocenters. The first-order valence-electron chi connectivity index (χ1n) is 7.89. The average molecular weight is 534 g/mol. The molecule has 1 amide bonds. The fraction of sp³-hybridized carbons (Fsp3) is 0.545. The number of phosphoric acid groups is 3. The number of hydrogen-bond donors (Lipinski definition) is 6. The highest BCUT2D eigenvalue weighted by atomic mass is 31.3. The van der Waals surface area contributed by atoms with E-state index in [4.69, 9.17) is 19.4 Å². The van der Waals surface area contributed by atoms with E-state index in [-0.39, 0.29) is 0 Å². The monoisotopic (exact) mass is 534 g/mol. The molecule has 21 heteroatoms.